The van der Waals surface area contributed by atoms with Crippen molar-refractivity contribution >= 4 is 22.7 Å². The summed E-state index contributed by atoms with van der Waals surface area (Å²) in [5.74, 6) is 0.924. The Hall–Kier alpha value is -3.16. The molecule has 2 aromatic heterocycles. The van der Waals surface area contributed by atoms with Crippen LogP contribution in [0.25, 0.3) is 10.9 Å². The summed E-state index contributed by atoms with van der Waals surface area (Å²) < 4.78 is 5.17. The van der Waals surface area contributed by atoms with Crippen molar-refractivity contribution in [2.24, 2.45) is 0 Å². The highest BCUT2D eigenvalue weighted by atomic mass is 16.5. The summed E-state index contributed by atoms with van der Waals surface area (Å²) in [5.41, 5.74) is 1.96. The lowest BCUT2D eigenvalue weighted by molar-refractivity contribution is -0.128. The molecule has 2 heterocycles. The van der Waals surface area contributed by atoms with E-state index in [4.69, 9.17) is 4.52 Å². The molecule has 4 rings (SSSR count). The minimum absolute atomic E-state index is 0.141. The molecule has 0 saturated heterocycles. The first-order valence-electron chi connectivity index (χ1n) is 9.02. The Balaban J connectivity index is 1.43. The number of fused-ring (bicyclic) bond motifs is 1. The molecular formula is C19H21N5O3. The second-order valence-electron chi connectivity index (χ2n) is 6.86. The first-order chi connectivity index (χ1) is 13.1. The highest BCUT2D eigenvalue weighted by molar-refractivity contribution is 5.89. The quantitative estimate of drug-likeness (QED) is 0.589. The van der Waals surface area contributed by atoms with Crippen LogP contribution in [0.3, 0.4) is 0 Å². The van der Waals surface area contributed by atoms with Gasteiger partial charge in [-0.25, -0.2) is 0 Å². The normalized spacial score (nSPS) is 14.9. The van der Waals surface area contributed by atoms with E-state index < -0.39 is 6.04 Å². The van der Waals surface area contributed by atoms with E-state index in [-0.39, 0.29) is 18.4 Å². The Labute approximate surface area is 155 Å². The largest absolute Gasteiger partial charge is 0.361 e. The summed E-state index contributed by atoms with van der Waals surface area (Å²) in [7, 11) is 0. The van der Waals surface area contributed by atoms with E-state index in [1.807, 2.05) is 30.5 Å². The smallest absolute Gasteiger partial charge is 0.246 e. The van der Waals surface area contributed by atoms with Crippen molar-refractivity contribution in [3.8, 4) is 0 Å². The fourth-order valence-electron chi connectivity index (χ4n) is 3.11. The molecule has 8 nitrogen and oxygen atoms in total. The van der Waals surface area contributed by atoms with Crippen molar-refractivity contribution in [2.45, 2.75) is 44.7 Å². The summed E-state index contributed by atoms with van der Waals surface area (Å²) in [4.78, 5) is 31.7. The number of benzene rings is 1. The van der Waals surface area contributed by atoms with Gasteiger partial charge in [0.2, 0.25) is 17.7 Å². The molecule has 3 N–H and O–H groups in total. The molecule has 0 spiro atoms. The minimum atomic E-state index is -0.687. The lowest BCUT2D eigenvalue weighted by Gasteiger charge is -2.16. The molecule has 0 radical (unpaired) electrons. The van der Waals surface area contributed by atoms with Gasteiger partial charge in [-0.05, 0) is 24.5 Å². The standard InChI is InChI=1S/C19H21N5O3/c1-11(25)22-16(8-13-9-20-15-5-3-2-4-14(13)15)19(26)21-10-17-23-18(24-27-17)12-6-7-12/h2-5,9,12,16,20H,6-8,10H2,1H3,(H,21,26)(H,22,25). The Morgan fingerprint density at radius 3 is 2.93 bits per heavy atom. The number of para-hydroxylation sites is 1. The molecule has 140 valence electrons. The third kappa shape index (κ3) is 3.99. The van der Waals surface area contributed by atoms with Crippen LogP contribution in [-0.2, 0) is 22.6 Å². The molecule has 1 aliphatic rings. The summed E-state index contributed by atoms with van der Waals surface area (Å²) in [6.45, 7) is 1.54. The predicted molar refractivity (Wildman–Crippen MR) is 97.7 cm³/mol. The molecule has 1 fully saturated rings. The van der Waals surface area contributed by atoms with Crippen molar-refractivity contribution in [1.29, 1.82) is 0 Å². The molecule has 1 saturated carbocycles. The number of nitrogens with one attached hydrogen (secondary N) is 3. The molecule has 0 bridgehead atoms. The zero-order valence-corrected chi connectivity index (χ0v) is 15.0. The zero-order chi connectivity index (χ0) is 18.8. The van der Waals surface area contributed by atoms with E-state index in [1.165, 1.54) is 6.92 Å². The average molecular weight is 367 g/mol. The highest BCUT2D eigenvalue weighted by Crippen LogP contribution is 2.38. The molecule has 1 aliphatic carbocycles. The van der Waals surface area contributed by atoms with Gasteiger partial charge in [0.1, 0.15) is 6.04 Å². The van der Waals surface area contributed by atoms with E-state index in [1.54, 1.807) is 0 Å². The number of carbonyl (C=O) groups excluding carboxylic acids is 2. The Morgan fingerprint density at radius 1 is 1.33 bits per heavy atom. The molecule has 0 aliphatic heterocycles. The minimum Gasteiger partial charge on any atom is -0.361 e. The molecule has 27 heavy (non-hydrogen) atoms. The fourth-order valence-corrected chi connectivity index (χ4v) is 3.11. The van der Waals surface area contributed by atoms with Crippen molar-refractivity contribution in [3.05, 3.63) is 47.7 Å². The lowest BCUT2D eigenvalue weighted by Crippen LogP contribution is -2.47. The van der Waals surface area contributed by atoms with Crippen LogP contribution < -0.4 is 10.6 Å². The van der Waals surface area contributed by atoms with E-state index in [9.17, 15) is 9.59 Å². The van der Waals surface area contributed by atoms with E-state index in [2.05, 4.69) is 25.8 Å². The van der Waals surface area contributed by atoms with Gasteiger partial charge >= 0.3 is 0 Å². The van der Waals surface area contributed by atoms with Crippen LogP contribution in [0.15, 0.2) is 35.0 Å². The van der Waals surface area contributed by atoms with Gasteiger partial charge in [0.05, 0.1) is 6.54 Å². The maximum absolute atomic E-state index is 12.6. The maximum Gasteiger partial charge on any atom is 0.246 e. The Bertz CT molecular complexity index is 973. The molecule has 3 aromatic rings. The van der Waals surface area contributed by atoms with Crippen LogP contribution in [0.1, 0.15) is 43.0 Å². The lowest BCUT2D eigenvalue weighted by atomic mass is 10.0. The van der Waals surface area contributed by atoms with Crippen LogP contribution in [0.4, 0.5) is 0 Å². The number of rotatable bonds is 7. The number of hydrogen-bond acceptors (Lipinski definition) is 5. The number of carbonyl (C=O) groups is 2. The van der Waals surface area contributed by atoms with Crippen molar-refractivity contribution in [2.75, 3.05) is 0 Å². The Kier molecular flexibility index (Phi) is 4.62. The van der Waals surface area contributed by atoms with E-state index in [0.717, 1.165) is 29.3 Å². The maximum atomic E-state index is 12.6. The number of aromatic nitrogens is 3. The highest BCUT2D eigenvalue weighted by Gasteiger charge is 2.29. The van der Waals surface area contributed by atoms with Gasteiger partial charge in [-0.15, -0.1) is 0 Å². The van der Waals surface area contributed by atoms with Crippen molar-refractivity contribution in [1.82, 2.24) is 25.8 Å². The molecule has 1 unspecified atom stereocenters. The van der Waals surface area contributed by atoms with Gasteiger partial charge in [0, 0.05) is 36.4 Å². The molecule has 8 heteroatoms. The number of amides is 2. The SMILES string of the molecule is CC(=O)NC(Cc1c[nH]c2ccccc12)C(=O)NCc1nc(C2CC2)no1. The van der Waals surface area contributed by atoms with Gasteiger partial charge in [0.15, 0.2) is 5.82 Å². The van der Waals surface area contributed by atoms with Crippen LogP contribution in [0.5, 0.6) is 0 Å². The summed E-state index contributed by atoms with van der Waals surface area (Å²) in [6, 6.07) is 7.16. The van der Waals surface area contributed by atoms with E-state index in [0.29, 0.717) is 24.1 Å². The van der Waals surface area contributed by atoms with Gasteiger partial charge in [-0.2, -0.15) is 4.98 Å². The number of nitrogens with zero attached hydrogens (tertiary/aromatic N) is 2. The molecule has 1 atom stereocenters. The van der Waals surface area contributed by atoms with Crippen molar-refractivity contribution < 1.29 is 14.1 Å². The summed E-state index contributed by atoms with van der Waals surface area (Å²) in [6.07, 6.45) is 4.42. The predicted octanol–water partition coefficient (Wildman–Crippen LogP) is 1.79. The number of hydrogen-bond donors (Lipinski definition) is 3. The van der Waals surface area contributed by atoms with Gasteiger partial charge in [-0.1, -0.05) is 23.4 Å². The first kappa shape index (κ1) is 17.3. The molecule has 1 aromatic carbocycles. The van der Waals surface area contributed by atoms with Gasteiger partial charge in [0.25, 0.3) is 0 Å². The number of aromatic amines is 1. The van der Waals surface area contributed by atoms with Gasteiger partial charge < -0.3 is 20.1 Å². The van der Waals surface area contributed by atoms with Crippen LogP contribution in [0.2, 0.25) is 0 Å². The second-order valence-corrected chi connectivity index (χ2v) is 6.86. The topological polar surface area (TPSA) is 113 Å². The average Bonchev–Trinajstić information content (AvgIpc) is 3.26. The van der Waals surface area contributed by atoms with E-state index >= 15 is 0 Å². The third-order valence-corrected chi connectivity index (χ3v) is 4.63. The van der Waals surface area contributed by atoms with Crippen molar-refractivity contribution in [3.63, 3.8) is 0 Å². The summed E-state index contributed by atoms with van der Waals surface area (Å²) in [5, 5.41) is 10.5. The first-order valence-corrected chi connectivity index (χ1v) is 9.02. The monoisotopic (exact) mass is 367 g/mol. The summed E-state index contributed by atoms with van der Waals surface area (Å²) >= 11 is 0. The molecule has 2 amide bonds. The van der Waals surface area contributed by atoms with Gasteiger partial charge in [-0.3, -0.25) is 9.59 Å². The van der Waals surface area contributed by atoms with Crippen LogP contribution >= 0.6 is 0 Å². The fraction of sp³-hybridized carbons (Fsp3) is 0.368. The van der Waals surface area contributed by atoms with Crippen LogP contribution in [0, 0.1) is 0 Å². The number of H-pyrrole nitrogens is 1. The Morgan fingerprint density at radius 2 is 2.15 bits per heavy atom. The zero-order valence-electron chi connectivity index (χ0n) is 15.0. The third-order valence-electron chi connectivity index (χ3n) is 4.63. The molecular weight excluding hydrogens is 346 g/mol. The van der Waals surface area contributed by atoms with Crippen LogP contribution in [-0.4, -0.2) is 33.0 Å². The second kappa shape index (κ2) is 7.22.